The van der Waals surface area contributed by atoms with E-state index in [1.165, 1.54) is 10.5 Å². The van der Waals surface area contributed by atoms with Crippen LogP contribution >= 0.6 is 11.8 Å². The van der Waals surface area contributed by atoms with Crippen LogP contribution in [0, 0.1) is 27.7 Å². The van der Waals surface area contributed by atoms with E-state index in [1.54, 1.807) is 0 Å². The Balaban J connectivity index is 1.48. The molecule has 1 saturated heterocycles. The van der Waals surface area contributed by atoms with Gasteiger partial charge in [0.05, 0.1) is 11.4 Å². The number of imide groups is 1. The van der Waals surface area contributed by atoms with Crippen LogP contribution < -0.4 is 4.74 Å². The van der Waals surface area contributed by atoms with Crippen LogP contribution in [0.15, 0.2) is 59.5 Å². The highest BCUT2D eigenvalue weighted by Gasteiger charge is 2.35. The van der Waals surface area contributed by atoms with Crippen LogP contribution in [0.2, 0.25) is 0 Å². The van der Waals surface area contributed by atoms with Crippen molar-refractivity contribution < 1.29 is 14.3 Å². The molecule has 0 unspecified atom stereocenters. The number of rotatable bonds is 6. The quantitative estimate of drug-likeness (QED) is 0.447. The minimum atomic E-state index is -0.271. The van der Waals surface area contributed by atoms with Crippen LogP contribution in [0.5, 0.6) is 5.75 Å². The molecule has 164 valence electrons. The molecule has 6 heteroatoms. The van der Waals surface area contributed by atoms with Crippen LogP contribution in [0.25, 0.3) is 11.8 Å². The smallest absolute Gasteiger partial charge is 0.293 e. The maximum atomic E-state index is 12.9. The molecule has 1 aromatic heterocycles. The van der Waals surface area contributed by atoms with Gasteiger partial charge in [0.1, 0.15) is 12.4 Å². The van der Waals surface area contributed by atoms with E-state index >= 15 is 0 Å². The summed E-state index contributed by atoms with van der Waals surface area (Å²) in [5.74, 6) is 0.453. The number of carbonyl (C=O) groups is 2. The van der Waals surface area contributed by atoms with Crippen molar-refractivity contribution in [3.8, 4) is 11.4 Å². The van der Waals surface area contributed by atoms with Gasteiger partial charge in [-0.15, -0.1) is 0 Å². The fourth-order valence-electron chi connectivity index (χ4n) is 3.75. The predicted octanol–water partition coefficient (Wildman–Crippen LogP) is 5.83. The Kier molecular flexibility index (Phi) is 6.24. The molecule has 3 aromatic rings. The third kappa shape index (κ3) is 4.50. The van der Waals surface area contributed by atoms with E-state index in [4.69, 9.17) is 4.74 Å². The van der Waals surface area contributed by atoms with Gasteiger partial charge in [-0.3, -0.25) is 14.5 Å². The van der Waals surface area contributed by atoms with Crippen LogP contribution in [0.4, 0.5) is 4.79 Å². The molecular formula is C26H26N2O3S. The second-order valence-corrected chi connectivity index (χ2v) is 8.99. The van der Waals surface area contributed by atoms with Crippen molar-refractivity contribution in [1.29, 1.82) is 0 Å². The van der Waals surface area contributed by atoms with Gasteiger partial charge in [0, 0.05) is 17.1 Å². The summed E-state index contributed by atoms with van der Waals surface area (Å²) in [6.45, 7) is 8.62. The first-order chi connectivity index (χ1) is 15.3. The number of hydrogen-bond donors (Lipinski definition) is 0. The molecule has 0 atom stereocenters. The van der Waals surface area contributed by atoms with Crippen molar-refractivity contribution >= 4 is 29.0 Å². The molecule has 0 bridgehead atoms. The second kappa shape index (κ2) is 9.09. The molecule has 2 amide bonds. The van der Waals surface area contributed by atoms with E-state index in [2.05, 4.69) is 35.8 Å². The highest BCUT2D eigenvalue weighted by molar-refractivity contribution is 8.18. The normalized spacial score (nSPS) is 15.1. The van der Waals surface area contributed by atoms with E-state index in [0.29, 0.717) is 4.91 Å². The molecule has 1 aliphatic heterocycles. The Morgan fingerprint density at radius 1 is 0.906 bits per heavy atom. The second-order valence-electron chi connectivity index (χ2n) is 7.99. The number of amides is 2. The first-order valence-electron chi connectivity index (χ1n) is 10.5. The fraction of sp³-hybridized carbons (Fsp3) is 0.231. The lowest BCUT2D eigenvalue weighted by Gasteiger charge is -2.13. The number of benzene rings is 2. The van der Waals surface area contributed by atoms with Gasteiger partial charge >= 0.3 is 0 Å². The van der Waals surface area contributed by atoms with Gasteiger partial charge in [-0.05, 0) is 81.4 Å². The first-order valence-corrected chi connectivity index (χ1v) is 11.4. The molecule has 4 rings (SSSR count). The summed E-state index contributed by atoms with van der Waals surface area (Å²) in [6, 6.07) is 18.1. The van der Waals surface area contributed by atoms with E-state index in [1.807, 2.05) is 57.2 Å². The third-order valence-corrected chi connectivity index (χ3v) is 6.43. The maximum Gasteiger partial charge on any atom is 0.293 e. The third-order valence-electron chi connectivity index (χ3n) is 5.53. The SMILES string of the molecule is Cc1ccc(OCCN2C(=O)S/C(=C\c3cc(C)n(-c4ccc(C)cc4)c3C)C2=O)cc1. The zero-order chi connectivity index (χ0) is 22.8. The summed E-state index contributed by atoms with van der Waals surface area (Å²) >= 11 is 0.980. The lowest BCUT2D eigenvalue weighted by molar-refractivity contribution is -0.123. The molecule has 1 aliphatic rings. The Hall–Kier alpha value is -3.25. The average molecular weight is 447 g/mol. The van der Waals surface area contributed by atoms with Crippen molar-refractivity contribution in [1.82, 2.24) is 9.47 Å². The van der Waals surface area contributed by atoms with E-state index in [9.17, 15) is 9.59 Å². The number of aryl methyl sites for hydroxylation is 3. The summed E-state index contributed by atoms with van der Waals surface area (Å²) in [7, 11) is 0. The van der Waals surface area contributed by atoms with E-state index in [0.717, 1.165) is 45.7 Å². The number of thioether (sulfide) groups is 1. The van der Waals surface area contributed by atoms with E-state index in [-0.39, 0.29) is 24.3 Å². The summed E-state index contributed by atoms with van der Waals surface area (Å²) < 4.78 is 7.85. The largest absolute Gasteiger partial charge is 0.492 e. The van der Waals surface area contributed by atoms with Gasteiger partial charge in [-0.1, -0.05) is 35.4 Å². The highest BCUT2D eigenvalue weighted by Crippen LogP contribution is 2.33. The predicted molar refractivity (Wildman–Crippen MR) is 129 cm³/mol. The highest BCUT2D eigenvalue weighted by atomic mass is 32.2. The standard InChI is InChI=1S/C26H26N2O3S/c1-17-5-9-22(10-6-17)28-19(3)15-21(20(28)4)16-24-25(29)27(26(30)32-24)13-14-31-23-11-7-18(2)8-12-23/h5-12,15-16H,13-14H2,1-4H3/b24-16-. The van der Waals surface area contributed by atoms with Gasteiger partial charge in [0.25, 0.3) is 11.1 Å². The number of hydrogen-bond acceptors (Lipinski definition) is 4. The van der Waals surface area contributed by atoms with Gasteiger partial charge in [0.2, 0.25) is 0 Å². The summed E-state index contributed by atoms with van der Waals surface area (Å²) in [4.78, 5) is 27.0. The molecular weight excluding hydrogens is 420 g/mol. The van der Waals surface area contributed by atoms with Crippen molar-refractivity contribution in [2.24, 2.45) is 0 Å². The van der Waals surface area contributed by atoms with Crippen molar-refractivity contribution in [3.05, 3.63) is 87.6 Å². The van der Waals surface area contributed by atoms with Gasteiger partial charge < -0.3 is 9.30 Å². The van der Waals surface area contributed by atoms with E-state index < -0.39 is 0 Å². The van der Waals surface area contributed by atoms with Gasteiger partial charge in [-0.2, -0.15) is 0 Å². The van der Waals surface area contributed by atoms with Gasteiger partial charge in [-0.25, -0.2) is 0 Å². The lowest BCUT2D eigenvalue weighted by Crippen LogP contribution is -2.32. The molecule has 2 aromatic carbocycles. The molecule has 2 heterocycles. The summed E-state index contributed by atoms with van der Waals surface area (Å²) in [6.07, 6.45) is 1.82. The minimum Gasteiger partial charge on any atom is -0.492 e. The Bertz CT molecular complexity index is 1190. The van der Waals surface area contributed by atoms with Crippen LogP contribution in [-0.2, 0) is 4.79 Å². The molecule has 5 nitrogen and oxygen atoms in total. The summed E-state index contributed by atoms with van der Waals surface area (Å²) in [5.41, 5.74) is 6.46. The molecule has 0 saturated carbocycles. The van der Waals surface area contributed by atoms with Crippen LogP contribution in [0.3, 0.4) is 0 Å². The zero-order valence-electron chi connectivity index (χ0n) is 18.7. The first kappa shape index (κ1) is 22.0. The Morgan fingerprint density at radius 2 is 1.53 bits per heavy atom. The van der Waals surface area contributed by atoms with Crippen molar-refractivity contribution in [3.63, 3.8) is 0 Å². The number of carbonyl (C=O) groups excluding carboxylic acids is 2. The summed E-state index contributed by atoms with van der Waals surface area (Å²) in [5, 5.41) is -0.263. The minimum absolute atomic E-state index is 0.221. The fourth-order valence-corrected chi connectivity index (χ4v) is 4.60. The van der Waals surface area contributed by atoms with Crippen molar-refractivity contribution in [2.75, 3.05) is 13.2 Å². The number of aromatic nitrogens is 1. The van der Waals surface area contributed by atoms with Crippen molar-refractivity contribution in [2.45, 2.75) is 27.7 Å². The van der Waals surface area contributed by atoms with Crippen LogP contribution in [-0.4, -0.2) is 33.8 Å². The average Bonchev–Trinajstić information content (AvgIpc) is 3.19. The van der Waals surface area contributed by atoms with Crippen LogP contribution in [0.1, 0.15) is 28.1 Å². The molecule has 0 radical (unpaired) electrons. The molecule has 0 N–H and O–H groups in total. The maximum absolute atomic E-state index is 12.9. The number of nitrogens with zero attached hydrogens (tertiary/aromatic N) is 2. The molecule has 0 aliphatic carbocycles. The number of ether oxygens (including phenoxy) is 1. The van der Waals surface area contributed by atoms with Gasteiger partial charge in [0.15, 0.2) is 0 Å². The monoisotopic (exact) mass is 446 g/mol. The topological polar surface area (TPSA) is 51.5 Å². The zero-order valence-corrected chi connectivity index (χ0v) is 19.5. The lowest BCUT2D eigenvalue weighted by atomic mass is 10.2. The molecule has 0 spiro atoms. The Morgan fingerprint density at radius 3 is 2.19 bits per heavy atom. The Labute approximate surface area is 192 Å². The molecule has 32 heavy (non-hydrogen) atoms. The molecule has 1 fully saturated rings.